The highest BCUT2D eigenvalue weighted by Crippen LogP contribution is 2.22. The molecule has 1 amide bonds. The SMILES string of the molecule is CN1CCC(N(CCO)C(=O)c2cc(Cl)ncc2N)CC1. The van der Waals surface area contributed by atoms with Gasteiger partial charge >= 0.3 is 0 Å². The standard InChI is InChI=1S/C14H21ClN4O2/c1-18-4-2-10(3-5-18)19(6-7-20)14(21)11-8-13(15)17-9-12(11)16/h8-10,20H,2-7,16H2,1H3. The summed E-state index contributed by atoms with van der Waals surface area (Å²) in [4.78, 5) is 20.5. The van der Waals surface area contributed by atoms with Crippen molar-refractivity contribution in [2.45, 2.75) is 18.9 Å². The zero-order chi connectivity index (χ0) is 15.4. The molecule has 116 valence electrons. The third-order valence-electron chi connectivity index (χ3n) is 3.86. The van der Waals surface area contributed by atoms with E-state index in [4.69, 9.17) is 17.3 Å². The monoisotopic (exact) mass is 312 g/mol. The number of piperidine rings is 1. The van der Waals surface area contributed by atoms with Crippen LogP contribution in [0.2, 0.25) is 5.15 Å². The minimum atomic E-state index is -0.194. The van der Waals surface area contributed by atoms with Crippen LogP contribution in [0.1, 0.15) is 23.2 Å². The first-order valence-corrected chi connectivity index (χ1v) is 7.42. The minimum Gasteiger partial charge on any atom is -0.397 e. The lowest BCUT2D eigenvalue weighted by Gasteiger charge is -2.37. The number of halogens is 1. The van der Waals surface area contributed by atoms with Crippen molar-refractivity contribution in [3.63, 3.8) is 0 Å². The summed E-state index contributed by atoms with van der Waals surface area (Å²) in [6.07, 6.45) is 3.17. The molecule has 1 aromatic rings. The molecule has 1 aliphatic heterocycles. The largest absolute Gasteiger partial charge is 0.397 e. The van der Waals surface area contributed by atoms with Gasteiger partial charge in [-0.2, -0.15) is 0 Å². The summed E-state index contributed by atoms with van der Waals surface area (Å²) >= 11 is 5.85. The van der Waals surface area contributed by atoms with Crippen molar-refractivity contribution in [3.8, 4) is 0 Å². The van der Waals surface area contributed by atoms with E-state index in [1.165, 1.54) is 12.3 Å². The van der Waals surface area contributed by atoms with E-state index in [9.17, 15) is 9.90 Å². The molecule has 2 heterocycles. The molecule has 3 N–H and O–H groups in total. The fourth-order valence-electron chi connectivity index (χ4n) is 2.64. The van der Waals surface area contributed by atoms with E-state index in [1.54, 1.807) is 4.90 Å². The van der Waals surface area contributed by atoms with Gasteiger partial charge in [0, 0.05) is 12.6 Å². The Labute approximate surface area is 129 Å². The summed E-state index contributed by atoms with van der Waals surface area (Å²) in [5.41, 5.74) is 6.49. The van der Waals surface area contributed by atoms with Crippen molar-refractivity contribution in [3.05, 3.63) is 23.0 Å². The van der Waals surface area contributed by atoms with E-state index >= 15 is 0 Å². The number of aliphatic hydroxyl groups is 1. The number of nitrogens with two attached hydrogens (primary N) is 1. The average molecular weight is 313 g/mol. The van der Waals surface area contributed by atoms with E-state index in [2.05, 4.69) is 16.9 Å². The molecule has 0 aliphatic carbocycles. The summed E-state index contributed by atoms with van der Waals surface area (Å²) in [5.74, 6) is -0.194. The number of pyridine rings is 1. The number of nitrogen functional groups attached to an aromatic ring is 1. The molecule has 1 saturated heterocycles. The predicted molar refractivity (Wildman–Crippen MR) is 82.3 cm³/mol. The maximum absolute atomic E-state index is 12.7. The van der Waals surface area contributed by atoms with Crippen LogP contribution >= 0.6 is 11.6 Å². The summed E-state index contributed by atoms with van der Waals surface area (Å²) < 4.78 is 0. The first-order valence-electron chi connectivity index (χ1n) is 7.04. The highest BCUT2D eigenvalue weighted by atomic mass is 35.5. The zero-order valence-corrected chi connectivity index (χ0v) is 12.9. The molecule has 1 fully saturated rings. The Bertz CT molecular complexity index is 504. The van der Waals surface area contributed by atoms with Gasteiger partial charge in [-0.3, -0.25) is 4.79 Å². The van der Waals surface area contributed by atoms with Gasteiger partial charge in [0.15, 0.2) is 0 Å². The number of anilines is 1. The van der Waals surface area contributed by atoms with E-state index in [0.29, 0.717) is 17.8 Å². The molecule has 0 atom stereocenters. The van der Waals surface area contributed by atoms with Gasteiger partial charge in [-0.05, 0) is 39.0 Å². The Balaban J connectivity index is 2.20. The van der Waals surface area contributed by atoms with Crippen LogP contribution in [-0.4, -0.2) is 65.1 Å². The lowest BCUT2D eigenvalue weighted by molar-refractivity contribution is 0.0541. The van der Waals surface area contributed by atoms with Gasteiger partial charge in [-0.25, -0.2) is 4.98 Å². The number of amides is 1. The zero-order valence-electron chi connectivity index (χ0n) is 12.1. The van der Waals surface area contributed by atoms with Crippen LogP contribution in [-0.2, 0) is 0 Å². The van der Waals surface area contributed by atoms with Gasteiger partial charge in [0.25, 0.3) is 5.91 Å². The first-order chi connectivity index (χ1) is 10.0. The third kappa shape index (κ3) is 3.84. The first kappa shape index (κ1) is 16.0. The molecule has 0 saturated carbocycles. The normalized spacial score (nSPS) is 16.9. The molecule has 0 radical (unpaired) electrons. The summed E-state index contributed by atoms with van der Waals surface area (Å²) in [6, 6.07) is 1.60. The summed E-state index contributed by atoms with van der Waals surface area (Å²) in [6.45, 7) is 2.10. The van der Waals surface area contributed by atoms with Crippen LogP contribution in [0.25, 0.3) is 0 Å². The van der Waals surface area contributed by atoms with Gasteiger partial charge in [0.05, 0.1) is 24.1 Å². The molecule has 0 aromatic carbocycles. The van der Waals surface area contributed by atoms with Gasteiger partial charge in [0.2, 0.25) is 0 Å². The van der Waals surface area contributed by atoms with Crippen molar-refractivity contribution in [2.24, 2.45) is 0 Å². The molecule has 21 heavy (non-hydrogen) atoms. The fraction of sp³-hybridized carbons (Fsp3) is 0.571. The molecular weight excluding hydrogens is 292 g/mol. The number of carbonyl (C=O) groups is 1. The Morgan fingerprint density at radius 1 is 1.57 bits per heavy atom. The molecule has 0 spiro atoms. The van der Waals surface area contributed by atoms with Gasteiger partial charge in [-0.1, -0.05) is 11.6 Å². The molecule has 1 aromatic heterocycles. The maximum atomic E-state index is 12.7. The molecule has 0 unspecified atom stereocenters. The highest BCUT2D eigenvalue weighted by molar-refractivity contribution is 6.29. The van der Waals surface area contributed by atoms with Gasteiger partial charge < -0.3 is 20.6 Å². The van der Waals surface area contributed by atoms with Crippen molar-refractivity contribution < 1.29 is 9.90 Å². The van der Waals surface area contributed by atoms with Crippen LogP contribution in [0.4, 0.5) is 5.69 Å². The average Bonchev–Trinajstić information content (AvgIpc) is 2.48. The quantitative estimate of drug-likeness (QED) is 0.805. The molecule has 7 heteroatoms. The minimum absolute atomic E-state index is 0.0726. The summed E-state index contributed by atoms with van der Waals surface area (Å²) in [7, 11) is 2.06. The molecule has 6 nitrogen and oxygen atoms in total. The molecule has 1 aliphatic rings. The Hall–Kier alpha value is -1.37. The lowest BCUT2D eigenvalue weighted by Crippen LogP contribution is -2.47. The van der Waals surface area contributed by atoms with Crippen LogP contribution in [0.5, 0.6) is 0 Å². The number of nitrogens with zero attached hydrogens (tertiary/aromatic N) is 3. The van der Waals surface area contributed by atoms with E-state index < -0.39 is 0 Å². The number of aliphatic hydroxyl groups excluding tert-OH is 1. The van der Waals surface area contributed by atoms with E-state index in [1.807, 2.05) is 0 Å². The lowest BCUT2D eigenvalue weighted by atomic mass is 10.0. The van der Waals surface area contributed by atoms with Gasteiger partial charge in [-0.15, -0.1) is 0 Å². The van der Waals surface area contributed by atoms with Crippen LogP contribution < -0.4 is 5.73 Å². The Morgan fingerprint density at radius 3 is 2.86 bits per heavy atom. The predicted octanol–water partition coefficient (Wildman–Crippen LogP) is 0.846. The second-order valence-corrected chi connectivity index (χ2v) is 5.74. The number of hydrogen-bond acceptors (Lipinski definition) is 5. The van der Waals surface area contributed by atoms with Crippen molar-refractivity contribution in [2.75, 3.05) is 39.0 Å². The van der Waals surface area contributed by atoms with Crippen LogP contribution in [0.3, 0.4) is 0 Å². The number of likely N-dealkylation sites (tertiary alicyclic amines) is 1. The number of carbonyl (C=O) groups excluding carboxylic acids is 1. The Morgan fingerprint density at radius 2 is 2.24 bits per heavy atom. The smallest absolute Gasteiger partial charge is 0.256 e. The topological polar surface area (TPSA) is 82.7 Å². The van der Waals surface area contributed by atoms with Crippen LogP contribution in [0, 0.1) is 0 Å². The number of hydrogen-bond donors (Lipinski definition) is 2. The van der Waals surface area contributed by atoms with Crippen LogP contribution in [0.15, 0.2) is 12.3 Å². The van der Waals surface area contributed by atoms with Crippen molar-refractivity contribution in [1.82, 2.24) is 14.8 Å². The van der Waals surface area contributed by atoms with Crippen molar-refractivity contribution in [1.29, 1.82) is 0 Å². The maximum Gasteiger partial charge on any atom is 0.256 e. The van der Waals surface area contributed by atoms with E-state index in [0.717, 1.165) is 25.9 Å². The highest BCUT2D eigenvalue weighted by Gasteiger charge is 2.28. The molecular formula is C14H21ClN4O2. The van der Waals surface area contributed by atoms with Gasteiger partial charge in [0.1, 0.15) is 5.15 Å². The Kier molecular flexibility index (Phi) is 5.39. The number of aromatic nitrogens is 1. The molecule has 0 bridgehead atoms. The second-order valence-electron chi connectivity index (χ2n) is 5.35. The second kappa shape index (κ2) is 7.06. The summed E-state index contributed by atoms with van der Waals surface area (Å²) in [5, 5.41) is 9.50. The number of rotatable bonds is 4. The third-order valence-corrected chi connectivity index (χ3v) is 4.07. The van der Waals surface area contributed by atoms with Crippen molar-refractivity contribution >= 4 is 23.2 Å². The fourth-order valence-corrected chi connectivity index (χ4v) is 2.80. The molecule has 2 rings (SSSR count). The van der Waals surface area contributed by atoms with E-state index in [-0.39, 0.29) is 23.7 Å².